The number of hydrogen-bond donors (Lipinski definition) is 2. The number of nitrogens with one attached hydrogen (secondary N) is 1. The van der Waals surface area contributed by atoms with Crippen LogP contribution in [0.5, 0.6) is 0 Å². The summed E-state index contributed by atoms with van der Waals surface area (Å²) in [4.78, 5) is 10.8. The molecule has 1 aromatic carbocycles. The number of carboxylic acids is 1. The molecule has 0 bridgehead atoms. The van der Waals surface area contributed by atoms with Crippen molar-refractivity contribution >= 4 is 5.97 Å². The largest absolute Gasteiger partial charge is 0.478 e. The monoisotopic (exact) mass is 291 g/mol. The van der Waals surface area contributed by atoms with Crippen molar-refractivity contribution in [2.45, 2.75) is 51.8 Å². The Kier molecular flexibility index (Phi) is 5.76. The standard InChI is InChI=1S/C17H25NO3/c1-12(2)9-16-10-15(7-8-21-16)18-11-13-3-5-14(6-4-13)17(19)20/h3-6,12,15-16,18H,7-11H2,1-2H3,(H,19,20). The van der Waals surface area contributed by atoms with Crippen molar-refractivity contribution in [3.63, 3.8) is 0 Å². The number of carbonyl (C=O) groups is 1. The van der Waals surface area contributed by atoms with Crippen LogP contribution in [0.1, 0.15) is 49.0 Å². The molecule has 116 valence electrons. The maximum Gasteiger partial charge on any atom is 0.335 e. The van der Waals surface area contributed by atoms with E-state index in [-0.39, 0.29) is 0 Å². The zero-order valence-electron chi connectivity index (χ0n) is 12.8. The molecule has 1 heterocycles. The average molecular weight is 291 g/mol. The first-order valence-corrected chi connectivity index (χ1v) is 7.72. The SMILES string of the molecule is CC(C)CC1CC(NCc2ccc(C(=O)O)cc2)CCO1. The lowest BCUT2D eigenvalue weighted by molar-refractivity contribution is -0.00957. The van der Waals surface area contributed by atoms with Gasteiger partial charge in [-0.1, -0.05) is 26.0 Å². The topological polar surface area (TPSA) is 58.6 Å². The number of hydrogen-bond acceptors (Lipinski definition) is 3. The van der Waals surface area contributed by atoms with E-state index in [1.54, 1.807) is 12.1 Å². The molecule has 2 rings (SSSR count). The Morgan fingerprint density at radius 3 is 2.71 bits per heavy atom. The first kappa shape index (κ1) is 16.0. The lowest BCUT2D eigenvalue weighted by atomic mass is 9.96. The van der Waals surface area contributed by atoms with Crippen molar-refractivity contribution in [3.05, 3.63) is 35.4 Å². The third kappa shape index (κ3) is 5.14. The van der Waals surface area contributed by atoms with Crippen LogP contribution in [0.15, 0.2) is 24.3 Å². The first-order valence-electron chi connectivity index (χ1n) is 7.72. The highest BCUT2D eigenvalue weighted by atomic mass is 16.5. The van der Waals surface area contributed by atoms with Crippen LogP contribution < -0.4 is 5.32 Å². The fourth-order valence-electron chi connectivity index (χ4n) is 2.78. The van der Waals surface area contributed by atoms with Gasteiger partial charge in [0.05, 0.1) is 11.7 Å². The van der Waals surface area contributed by atoms with Crippen LogP contribution in [0.2, 0.25) is 0 Å². The predicted octanol–water partition coefficient (Wildman–Crippen LogP) is 3.07. The van der Waals surface area contributed by atoms with Gasteiger partial charge in [-0.2, -0.15) is 0 Å². The Labute approximate surface area is 126 Å². The van der Waals surface area contributed by atoms with Gasteiger partial charge in [-0.05, 0) is 42.9 Å². The molecular formula is C17H25NO3. The molecule has 0 aromatic heterocycles. The highest BCUT2D eigenvalue weighted by Gasteiger charge is 2.22. The van der Waals surface area contributed by atoms with E-state index >= 15 is 0 Å². The van der Waals surface area contributed by atoms with Crippen molar-refractivity contribution in [2.24, 2.45) is 5.92 Å². The van der Waals surface area contributed by atoms with E-state index in [0.29, 0.717) is 23.6 Å². The zero-order chi connectivity index (χ0) is 15.2. The maximum absolute atomic E-state index is 10.8. The molecule has 4 nitrogen and oxygen atoms in total. The molecule has 0 aliphatic carbocycles. The summed E-state index contributed by atoms with van der Waals surface area (Å²) in [5, 5.41) is 12.4. The Bertz CT molecular complexity index is 456. The highest BCUT2D eigenvalue weighted by molar-refractivity contribution is 5.87. The van der Waals surface area contributed by atoms with E-state index < -0.39 is 5.97 Å². The van der Waals surface area contributed by atoms with Crippen molar-refractivity contribution in [1.82, 2.24) is 5.32 Å². The molecule has 0 amide bonds. The number of aromatic carboxylic acids is 1. The Hall–Kier alpha value is -1.39. The number of benzene rings is 1. The minimum absolute atomic E-state index is 0.335. The molecule has 0 saturated carbocycles. The molecule has 21 heavy (non-hydrogen) atoms. The Balaban J connectivity index is 1.80. The molecular weight excluding hydrogens is 266 g/mol. The predicted molar refractivity (Wildman–Crippen MR) is 82.5 cm³/mol. The van der Waals surface area contributed by atoms with Crippen LogP contribution in [0, 0.1) is 5.92 Å². The quantitative estimate of drug-likeness (QED) is 0.845. The van der Waals surface area contributed by atoms with Crippen LogP contribution in [0.3, 0.4) is 0 Å². The fraction of sp³-hybridized carbons (Fsp3) is 0.588. The molecule has 1 saturated heterocycles. The van der Waals surface area contributed by atoms with E-state index in [0.717, 1.165) is 38.0 Å². The second-order valence-corrected chi connectivity index (χ2v) is 6.23. The lowest BCUT2D eigenvalue weighted by Crippen LogP contribution is -2.39. The number of carboxylic acid groups (broad SMARTS) is 1. The third-order valence-electron chi connectivity index (χ3n) is 3.90. The van der Waals surface area contributed by atoms with Crippen molar-refractivity contribution in [3.8, 4) is 0 Å². The van der Waals surface area contributed by atoms with Gasteiger partial charge >= 0.3 is 5.97 Å². The summed E-state index contributed by atoms with van der Waals surface area (Å²) < 4.78 is 5.81. The molecule has 4 heteroatoms. The van der Waals surface area contributed by atoms with Gasteiger partial charge in [0.25, 0.3) is 0 Å². The summed E-state index contributed by atoms with van der Waals surface area (Å²) >= 11 is 0. The van der Waals surface area contributed by atoms with E-state index in [9.17, 15) is 4.79 Å². The van der Waals surface area contributed by atoms with Crippen LogP contribution in [0.4, 0.5) is 0 Å². The van der Waals surface area contributed by atoms with Crippen LogP contribution in [0.25, 0.3) is 0 Å². The van der Waals surface area contributed by atoms with Crippen LogP contribution in [-0.2, 0) is 11.3 Å². The van der Waals surface area contributed by atoms with Crippen molar-refractivity contribution in [1.29, 1.82) is 0 Å². The summed E-state index contributed by atoms with van der Waals surface area (Å²) in [6.45, 7) is 6.06. The van der Waals surface area contributed by atoms with Gasteiger partial charge in [0, 0.05) is 19.2 Å². The maximum atomic E-state index is 10.8. The van der Waals surface area contributed by atoms with Gasteiger partial charge in [-0.25, -0.2) is 4.79 Å². The van der Waals surface area contributed by atoms with Gasteiger partial charge in [0.1, 0.15) is 0 Å². The third-order valence-corrected chi connectivity index (χ3v) is 3.90. The van der Waals surface area contributed by atoms with Gasteiger partial charge in [0.2, 0.25) is 0 Å². The average Bonchev–Trinajstić information content (AvgIpc) is 2.45. The molecule has 1 fully saturated rings. The lowest BCUT2D eigenvalue weighted by Gasteiger charge is -2.31. The van der Waals surface area contributed by atoms with E-state index in [1.807, 2.05) is 12.1 Å². The summed E-state index contributed by atoms with van der Waals surface area (Å²) in [7, 11) is 0. The molecule has 0 spiro atoms. The second-order valence-electron chi connectivity index (χ2n) is 6.23. The summed E-state index contributed by atoms with van der Waals surface area (Å²) in [5.74, 6) is -0.215. The van der Waals surface area contributed by atoms with E-state index in [2.05, 4.69) is 19.2 Å². The smallest absolute Gasteiger partial charge is 0.335 e. The summed E-state index contributed by atoms with van der Waals surface area (Å²) in [6.07, 6.45) is 3.59. The first-order chi connectivity index (χ1) is 10.0. The second kappa shape index (κ2) is 7.57. The molecule has 1 aliphatic heterocycles. The molecule has 1 aliphatic rings. The number of rotatable bonds is 6. The van der Waals surface area contributed by atoms with Crippen molar-refractivity contribution in [2.75, 3.05) is 6.61 Å². The summed E-state index contributed by atoms with van der Waals surface area (Å²) in [6, 6.07) is 7.56. The normalized spacial score (nSPS) is 22.4. The highest BCUT2D eigenvalue weighted by Crippen LogP contribution is 2.20. The van der Waals surface area contributed by atoms with E-state index in [4.69, 9.17) is 9.84 Å². The van der Waals surface area contributed by atoms with Gasteiger partial charge < -0.3 is 15.2 Å². The van der Waals surface area contributed by atoms with E-state index in [1.165, 1.54) is 0 Å². The van der Waals surface area contributed by atoms with Gasteiger partial charge in [0.15, 0.2) is 0 Å². The summed E-state index contributed by atoms with van der Waals surface area (Å²) in [5.41, 5.74) is 1.45. The molecule has 2 unspecified atom stereocenters. The minimum atomic E-state index is -0.879. The Morgan fingerprint density at radius 2 is 2.10 bits per heavy atom. The van der Waals surface area contributed by atoms with Crippen LogP contribution >= 0.6 is 0 Å². The van der Waals surface area contributed by atoms with Gasteiger partial charge in [-0.15, -0.1) is 0 Å². The fourth-order valence-corrected chi connectivity index (χ4v) is 2.78. The molecule has 0 radical (unpaired) electrons. The molecule has 2 atom stereocenters. The zero-order valence-corrected chi connectivity index (χ0v) is 12.8. The molecule has 1 aromatic rings. The van der Waals surface area contributed by atoms with Crippen LogP contribution in [-0.4, -0.2) is 29.8 Å². The van der Waals surface area contributed by atoms with Crippen molar-refractivity contribution < 1.29 is 14.6 Å². The number of ether oxygens (including phenoxy) is 1. The van der Waals surface area contributed by atoms with Gasteiger partial charge in [-0.3, -0.25) is 0 Å². The minimum Gasteiger partial charge on any atom is -0.478 e. The Morgan fingerprint density at radius 1 is 1.38 bits per heavy atom. The molecule has 2 N–H and O–H groups in total.